The van der Waals surface area contributed by atoms with Crippen LogP contribution < -0.4 is 0 Å². The summed E-state index contributed by atoms with van der Waals surface area (Å²) in [6.07, 6.45) is 3.37. The quantitative estimate of drug-likeness (QED) is 0.855. The summed E-state index contributed by atoms with van der Waals surface area (Å²) in [6, 6.07) is 7.49. The SMILES string of the molecule is O=C(O)Cc1ccccc1COC1CCC(O)CC1. The summed E-state index contributed by atoms with van der Waals surface area (Å²) in [7, 11) is 0. The van der Waals surface area contributed by atoms with Crippen LogP contribution in [0.2, 0.25) is 0 Å². The summed E-state index contributed by atoms with van der Waals surface area (Å²) < 4.78 is 5.84. The van der Waals surface area contributed by atoms with E-state index in [0.29, 0.717) is 6.61 Å². The van der Waals surface area contributed by atoms with Crippen LogP contribution in [0, 0.1) is 0 Å². The average molecular weight is 264 g/mol. The van der Waals surface area contributed by atoms with Gasteiger partial charge in [-0.2, -0.15) is 0 Å². The molecule has 0 spiro atoms. The number of aliphatic hydroxyl groups excluding tert-OH is 1. The fourth-order valence-corrected chi connectivity index (χ4v) is 2.45. The maximum atomic E-state index is 10.8. The molecule has 1 aliphatic rings. The zero-order chi connectivity index (χ0) is 13.7. The Morgan fingerprint density at radius 3 is 2.42 bits per heavy atom. The third-order valence-corrected chi connectivity index (χ3v) is 3.58. The Morgan fingerprint density at radius 1 is 1.16 bits per heavy atom. The molecule has 4 heteroatoms. The average Bonchev–Trinajstić information content (AvgIpc) is 2.39. The standard InChI is InChI=1S/C15H20O4/c16-13-5-7-14(8-6-13)19-10-12-4-2-1-3-11(12)9-15(17)18/h1-4,13-14,16H,5-10H2,(H,17,18). The summed E-state index contributed by atoms with van der Waals surface area (Å²) in [5.41, 5.74) is 1.75. The van der Waals surface area contributed by atoms with Crippen LogP contribution in [0.25, 0.3) is 0 Å². The predicted molar refractivity (Wildman–Crippen MR) is 70.8 cm³/mol. The van der Waals surface area contributed by atoms with Crippen molar-refractivity contribution in [1.82, 2.24) is 0 Å². The van der Waals surface area contributed by atoms with Crippen molar-refractivity contribution in [2.75, 3.05) is 0 Å². The Morgan fingerprint density at radius 2 is 1.79 bits per heavy atom. The molecule has 19 heavy (non-hydrogen) atoms. The first-order chi connectivity index (χ1) is 9.15. The number of carbonyl (C=O) groups is 1. The van der Waals surface area contributed by atoms with E-state index < -0.39 is 5.97 Å². The Labute approximate surface area is 113 Å². The molecule has 0 heterocycles. The van der Waals surface area contributed by atoms with Gasteiger partial charge in [-0.25, -0.2) is 0 Å². The molecule has 1 fully saturated rings. The minimum Gasteiger partial charge on any atom is -0.481 e. The van der Waals surface area contributed by atoms with Gasteiger partial charge in [0.2, 0.25) is 0 Å². The first-order valence-corrected chi connectivity index (χ1v) is 6.73. The lowest BCUT2D eigenvalue weighted by molar-refractivity contribution is -0.136. The van der Waals surface area contributed by atoms with Gasteiger partial charge >= 0.3 is 5.97 Å². The Kier molecular flexibility index (Phi) is 4.93. The molecule has 2 N–H and O–H groups in total. The van der Waals surface area contributed by atoms with Crippen molar-refractivity contribution in [3.05, 3.63) is 35.4 Å². The monoisotopic (exact) mass is 264 g/mol. The van der Waals surface area contributed by atoms with Crippen LogP contribution in [-0.4, -0.2) is 28.4 Å². The lowest BCUT2D eigenvalue weighted by atomic mass is 9.95. The Hall–Kier alpha value is -1.39. The molecule has 1 aromatic rings. The van der Waals surface area contributed by atoms with E-state index in [4.69, 9.17) is 9.84 Å². The number of hydrogen-bond donors (Lipinski definition) is 2. The maximum Gasteiger partial charge on any atom is 0.307 e. The second kappa shape index (κ2) is 6.68. The molecule has 0 bridgehead atoms. The van der Waals surface area contributed by atoms with Gasteiger partial charge in [0.05, 0.1) is 25.2 Å². The molecule has 4 nitrogen and oxygen atoms in total. The van der Waals surface area contributed by atoms with E-state index in [2.05, 4.69) is 0 Å². The highest BCUT2D eigenvalue weighted by atomic mass is 16.5. The van der Waals surface area contributed by atoms with Gasteiger partial charge in [-0.05, 0) is 36.8 Å². The number of rotatable bonds is 5. The fourth-order valence-electron chi connectivity index (χ4n) is 2.45. The molecule has 0 radical (unpaired) electrons. The van der Waals surface area contributed by atoms with Crippen molar-refractivity contribution < 1.29 is 19.7 Å². The highest BCUT2D eigenvalue weighted by Crippen LogP contribution is 2.22. The van der Waals surface area contributed by atoms with E-state index >= 15 is 0 Å². The van der Waals surface area contributed by atoms with Crippen molar-refractivity contribution >= 4 is 5.97 Å². The molecule has 0 aromatic heterocycles. The van der Waals surface area contributed by atoms with Gasteiger partial charge in [0.1, 0.15) is 0 Å². The van der Waals surface area contributed by atoms with E-state index in [1.807, 2.05) is 24.3 Å². The van der Waals surface area contributed by atoms with Gasteiger partial charge in [0.25, 0.3) is 0 Å². The van der Waals surface area contributed by atoms with Crippen LogP contribution >= 0.6 is 0 Å². The zero-order valence-electron chi connectivity index (χ0n) is 10.9. The van der Waals surface area contributed by atoms with Crippen molar-refractivity contribution in [2.45, 2.75) is 50.9 Å². The number of aliphatic carboxylic acids is 1. The van der Waals surface area contributed by atoms with Gasteiger partial charge in [-0.3, -0.25) is 4.79 Å². The zero-order valence-corrected chi connectivity index (χ0v) is 10.9. The highest BCUT2D eigenvalue weighted by Gasteiger charge is 2.20. The Bertz CT molecular complexity index is 422. The summed E-state index contributed by atoms with van der Waals surface area (Å²) in [4.78, 5) is 10.8. The molecule has 2 rings (SSSR count). The van der Waals surface area contributed by atoms with E-state index in [1.54, 1.807) is 0 Å². The number of benzene rings is 1. The maximum absolute atomic E-state index is 10.8. The molecule has 0 unspecified atom stereocenters. The third-order valence-electron chi connectivity index (χ3n) is 3.58. The normalized spacial score (nSPS) is 23.2. The Balaban J connectivity index is 1.90. The van der Waals surface area contributed by atoms with Crippen molar-refractivity contribution in [3.8, 4) is 0 Å². The van der Waals surface area contributed by atoms with E-state index in [9.17, 15) is 9.90 Å². The number of ether oxygens (including phenoxy) is 1. The first kappa shape index (κ1) is 14.0. The molecular weight excluding hydrogens is 244 g/mol. The molecule has 1 aromatic carbocycles. The van der Waals surface area contributed by atoms with Crippen LogP contribution in [0.4, 0.5) is 0 Å². The predicted octanol–water partition coefficient (Wildman–Crippen LogP) is 2.13. The topological polar surface area (TPSA) is 66.8 Å². The molecule has 1 aliphatic carbocycles. The molecule has 104 valence electrons. The minimum atomic E-state index is -0.826. The van der Waals surface area contributed by atoms with Gasteiger partial charge in [0.15, 0.2) is 0 Å². The molecule has 0 amide bonds. The van der Waals surface area contributed by atoms with Gasteiger partial charge in [0, 0.05) is 0 Å². The van der Waals surface area contributed by atoms with Crippen molar-refractivity contribution in [1.29, 1.82) is 0 Å². The molecule has 0 saturated heterocycles. The van der Waals surface area contributed by atoms with Crippen LogP contribution in [0.5, 0.6) is 0 Å². The van der Waals surface area contributed by atoms with Crippen LogP contribution in [0.1, 0.15) is 36.8 Å². The summed E-state index contributed by atoms with van der Waals surface area (Å²) >= 11 is 0. The number of carboxylic acid groups (broad SMARTS) is 1. The largest absolute Gasteiger partial charge is 0.481 e. The second-order valence-electron chi connectivity index (χ2n) is 5.08. The summed E-state index contributed by atoms with van der Waals surface area (Å²) in [6.45, 7) is 0.449. The van der Waals surface area contributed by atoms with E-state index in [1.165, 1.54) is 0 Å². The summed E-state index contributed by atoms with van der Waals surface area (Å²) in [5.74, 6) is -0.826. The van der Waals surface area contributed by atoms with Gasteiger partial charge < -0.3 is 14.9 Å². The van der Waals surface area contributed by atoms with Gasteiger partial charge in [-0.15, -0.1) is 0 Å². The number of hydrogen-bond acceptors (Lipinski definition) is 3. The van der Waals surface area contributed by atoms with Gasteiger partial charge in [-0.1, -0.05) is 24.3 Å². The first-order valence-electron chi connectivity index (χ1n) is 6.73. The molecule has 1 saturated carbocycles. The molecular formula is C15H20O4. The van der Waals surface area contributed by atoms with Crippen molar-refractivity contribution in [3.63, 3.8) is 0 Å². The van der Waals surface area contributed by atoms with Crippen LogP contribution in [-0.2, 0) is 22.6 Å². The van der Waals surface area contributed by atoms with Crippen LogP contribution in [0.3, 0.4) is 0 Å². The minimum absolute atomic E-state index is 0.0307. The molecule has 0 aliphatic heterocycles. The third kappa shape index (κ3) is 4.33. The number of carboxylic acids is 1. The lowest BCUT2D eigenvalue weighted by Crippen LogP contribution is -2.24. The number of aliphatic hydroxyl groups is 1. The van der Waals surface area contributed by atoms with Crippen molar-refractivity contribution in [2.24, 2.45) is 0 Å². The smallest absolute Gasteiger partial charge is 0.307 e. The fraction of sp³-hybridized carbons (Fsp3) is 0.533. The second-order valence-corrected chi connectivity index (χ2v) is 5.08. The van der Waals surface area contributed by atoms with Crippen LogP contribution in [0.15, 0.2) is 24.3 Å². The highest BCUT2D eigenvalue weighted by molar-refractivity contribution is 5.70. The molecule has 0 atom stereocenters. The van der Waals surface area contributed by atoms with E-state index in [-0.39, 0.29) is 18.6 Å². The van der Waals surface area contributed by atoms with E-state index in [0.717, 1.165) is 36.8 Å². The summed E-state index contributed by atoms with van der Waals surface area (Å²) in [5, 5.41) is 18.3. The lowest BCUT2D eigenvalue weighted by Gasteiger charge is -2.25.